The van der Waals surface area contributed by atoms with Crippen LogP contribution in [0.2, 0.25) is 0 Å². The first-order valence-electron chi connectivity index (χ1n) is 3.38. The van der Waals surface area contributed by atoms with E-state index in [2.05, 4.69) is 0 Å². The quantitative estimate of drug-likeness (QED) is 0.682. The molecule has 11 heavy (non-hydrogen) atoms. The van der Waals surface area contributed by atoms with Crippen LogP contribution < -0.4 is 9.47 Å². The van der Waals surface area contributed by atoms with Crippen molar-refractivity contribution in [2.75, 3.05) is 14.2 Å². The molecule has 62 valence electrons. The topological polar surface area (TPSA) is 18.5 Å². The largest absolute Gasteiger partial charge is 0.492 e. The number of methoxy groups -OCH3 is 2. The predicted octanol–water partition coefficient (Wildman–Crippen LogP) is 2.38. The Morgan fingerprint density at radius 3 is 1.55 bits per heavy atom. The fourth-order valence-corrected chi connectivity index (χ4v) is 2.11. The zero-order valence-corrected chi connectivity index (χ0v) is 8.04. The highest BCUT2D eigenvalue weighted by Crippen LogP contribution is 2.40. The van der Waals surface area contributed by atoms with Crippen LogP contribution in [-0.4, -0.2) is 14.2 Å². The van der Waals surface area contributed by atoms with Gasteiger partial charge in [0.25, 0.3) is 0 Å². The van der Waals surface area contributed by atoms with Crippen molar-refractivity contribution in [2.24, 2.45) is 0 Å². The van der Waals surface area contributed by atoms with Gasteiger partial charge in [-0.3, -0.25) is 0 Å². The standard InChI is InChI=1S/C8H12O2S/c1-5-7(9-3)8(10-4)6(2)11-5/h1-4H3. The van der Waals surface area contributed by atoms with E-state index in [0.29, 0.717) is 0 Å². The van der Waals surface area contributed by atoms with Crippen molar-refractivity contribution < 1.29 is 9.47 Å². The molecular weight excluding hydrogens is 160 g/mol. The summed E-state index contributed by atoms with van der Waals surface area (Å²) >= 11 is 1.69. The highest BCUT2D eigenvalue weighted by Gasteiger charge is 2.12. The van der Waals surface area contributed by atoms with Gasteiger partial charge in [0.2, 0.25) is 0 Å². The molecule has 0 spiro atoms. The summed E-state index contributed by atoms with van der Waals surface area (Å²) in [5, 5.41) is 0. The third-order valence-electron chi connectivity index (χ3n) is 1.56. The average Bonchev–Trinajstić information content (AvgIpc) is 2.24. The van der Waals surface area contributed by atoms with Crippen LogP contribution in [0.1, 0.15) is 9.75 Å². The SMILES string of the molecule is COc1c(C)sc(C)c1OC. The van der Waals surface area contributed by atoms with E-state index < -0.39 is 0 Å². The van der Waals surface area contributed by atoms with Crippen molar-refractivity contribution in [1.29, 1.82) is 0 Å². The molecule has 2 nitrogen and oxygen atoms in total. The van der Waals surface area contributed by atoms with Gasteiger partial charge in [-0.1, -0.05) is 0 Å². The van der Waals surface area contributed by atoms with Gasteiger partial charge < -0.3 is 9.47 Å². The Hall–Kier alpha value is -0.700. The van der Waals surface area contributed by atoms with E-state index >= 15 is 0 Å². The number of hydrogen-bond donors (Lipinski definition) is 0. The molecule has 1 aromatic rings. The van der Waals surface area contributed by atoms with Crippen molar-refractivity contribution in [3.05, 3.63) is 9.75 Å². The maximum atomic E-state index is 5.17. The zero-order chi connectivity index (χ0) is 8.43. The monoisotopic (exact) mass is 172 g/mol. The summed E-state index contributed by atoms with van der Waals surface area (Å²) in [6.45, 7) is 4.05. The molecule has 0 aromatic carbocycles. The second-order valence-corrected chi connectivity index (χ2v) is 3.71. The third-order valence-corrected chi connectivity index (χ3v) is 2.54. The Kier molecular flexibility index (Phi) is 2.39. The minimum Gasteiger partial charge on any atom is -0.492 e. The van der Waals surface area contributed by atoms with E-state index in [1.165, 1.54) is 9.75 Å². The molecule has 1 heterocycles. The van der Waals surface area contributed by atoms with E-state index in [1.54, 1.807) is 25.6 Å². The van der Waals surface area contributed by atoms with Crippen LogP contribution in [0.3, 0.4) is 0 Å². The van der Waals surface area contributed by atoms with Crippen LogP contribution in [0.4, 0.5) is 0 Å². The summed E-state index contributed by atoms with van der Waals surface area (Å²) in [5.74, 6) is 1.74. The molecule has 1 rings (SSSR count). The zero-order valence-electron chi connectivity index (χ0n) is 7.22. The fourth-order valence-electron chi connectivity index (χ4n) is 1.11. The van der Waals surface area contributed by atoms with Crippen LogP contribution in [0.25, 0.3) is 0 Å². The predicted molar refractivity (Wildman–Crippen MR) is 46.9 cm³/mol. The summed E-state index contributed by atoms with van der Waals surface area (Å²) in [7, 11) is 3.33. The van der Waals surface area contributed by atoms with Gasteiger partial charge in [-0.15, -0.1) is 11.3 Å². The van der Waals surface area contributed by atoms with Crippen molar-refractivity contribution in [3.63, 3.8) is 0 Å². The molecule has 0 aliphatic heterocycles. The summed E-state index contributed by atoms with van der Waals surface area (Å²) in [6, 6.07) is 0. The van der Waals surface area contributed by atoms with Gasteiger partial charge in [0, 0.05) is 9.75 Å². The smallest absolute Gasteiger partial charge is 0.174 e. The first-order valence-corrected chi connectivity index (χ1v) is 4.20. The Morgan fingerprint density at radius 1 is 0.909 bits per heavy atom. The second-order valence-electron chi connectivity index (χ2n) is 2.28. The van der Waals surface area contributed by atoms with E-state index in [1.807, 2.05) is 13.8 Å². The minimum absolute atomic E-state index is 0.870. The van der Waals surface area contributed by atoms with Crippen LogP contribution in [0, 0.1) is 13.8 Å². The van der Waals surface area contributed by atoms with Gasteiger partial charge in [-0.25, -0.2) is 0 Å². The molecule has 0 radical (unpaired) electrons. The molecular formula is C8H12O2S. The molecule has 0 amide bonds. The van der Waals surface area contributed by atoms with Gasteiger partial charge in [0.05, 0.1) is 14.2 Å². The lowest BCUT2D eigenvalue weighted by molar-refractivity contribution is 0.355. The first-order chi connectivity index (χ1) is 5.20. The number of rotatable bonds is 2. The average molecular weight is 172 g/mol. The summed E-state index contributed by atoms with van der Waals surface area (Å²) in [6.07, 6.45) is 0. The van der Waals surface area contributed by atoms with E-state index in [0.717, 1.165) is 11.5 Å². The maximum Gasteiger partial charge on any atom is 0.174 e. The molecule has 0 unspecified atom stereocenters. The van der Waals surface area contributed by atoms with Gasteiger partial charge in [0.15, 0.2) is 11.5 Å². The van der Waals surface area contributed by atoms with E-state index in [4.69, 9.17) is 9.47 Å². The van der Waals surface area contributed by atoms with Crippen LogP contribution >= 0.6 is 11.3 Å². The molecule has 0 fully saturated rings. The van der Waals surface area contributed by atoms with Gasteiger partial charge >= 0.3 is 0 Å². The van der Waals surface area contributed by atoms with Gasteiger partial charge in [-0.2, -0.15) is 0 Å². The lowest BCUT2D eigenvalue weighted by Crippen LogP contribution is -1.88. The molecule has 0 saturated carbocycles. The highest BCUT2D eigenvalue weighted by atomic mass is 32.1. The molecule has 3 heteroatoms. The number of aryl methyl sites for hydroxylation is 2. The minimum atomic E-state index is 0.870. The highest BCUT2D eigenvalue weighted by molar-refractivity contribution is 7.12. The molecule has 0 atom stereocenters. The molecule has 0 aliphatic carbocycles. The molecule has 0 bridgehead atoms. The van der Waals surface area contributed by atoms with E-state index in [9.17, 15) is 0 Å². The molecule has 0 N–H and O–H groups in total. The summed E-state index contributed by atoms with van der Waals surface area (Å²) in [4.78, 5) is 2.34. The lowest BCUT2D eigenvalue weighted by Gasteiger charge is -2.02. The van der Waals surface area contributed by atoms with Crippen LogP contribution in [0.5, 0.6) is 11.5 Å². The fraction of sp³-hybridized carbons (Fsp3) is 0.500. The van der Waals surface area contributed by atoms with Gasteiger partial charge in [0.1, 0.15) is 0 Å². The van der Waals surface area contributed by atoms with Crippen molar-refractivity contribution in [2.45, 2.75) is 13.8 Å². The van der Waals surface area contributed by atoms with Crippen molar-refractivity contribution >= 4 is 11.3 Å². The number of ether oxygens (including phenoxy) is 2. The Labute approximate surface area is 70.8 Å². The molecule has 1 aromatic heterocycles. The Bertz CT molecular complexity index is 228. The lowest BCUT2D eigenvalue weighted by atomic mass is 10.4. The van der Waals surface area contributed by atoms with Crippen molar-refractivity contribution in [3.8, 4) is 11.5 Å². The normalized spacial score (nSPS) is 9.82. The Morgan fingerprint density at radius 2 is 1.27 bits per heavy atom. The summed E-state index contributed by atoms with van der Waals surface area (Å²) < 4.78 is 10.3. The Balaban J connectivity index is 3.17. The third kappa shape index (κ3) is 1.33. The molecule has 0 saturated heterocycles. The van der Waals surface area contributed by atoms with Gasteiger partial charge in [-0.05, 0) is 13.8 Å². The number of hydrogen-bond acceptors (Lipinski definition) is 3. The van der Waals surface area contributed by atoms with Crippen molar-refractivity contribution in [1.82, 2.24) is 0 Å². The number of thiophene rings is 1. The first kappa shape index (κ1) is 8.40. The second kappa shape index (κ2) is 3.13. The van der Waals surface area contributed by atoms with Crippen LogP contribution in [-0.2, 0) is 0 Å². The molecule has 0 aliphatic rings. The maximum absolute atomic E-state index is 5.17. The summed E-state index contributed by atoms with van der Waals surface area (Å²) in [5.41, 5.74) is 0. The van der Waals surface area contributed by atoms with E-state index in [-0.39, 0.29) is 0 Å². The van der Waals surface area contributed by atoms with Crippen LogP contribution in [0.15, 0.2) is 0 Å².